The van der Waals surface area contributed by atoms with E-state index < -0.39 is 17.8 Å². The Bertz CT molecular complexity index is 1920. The number of urea groups is 1. The number of fused-ring (bicyclic) bond motifs is 1. The molecular weight excluding hydrogens is 611 g/mol. The van der Waals surface area contributed by atoms with Gasteiger partial charge in [0, 0.05) is 42.6 Å². The first kappa shape index (κ1) is 31.5. The number of amides is 2. The fraction of sp³-hybridized carbons (Fsp3) is 0.242. The molecule has 47 heavy (non-hydrogen) atoms. The van der Waals surface area contributed by atoms with E-state index in [4.69, 9.17) is 4.74 Å². The van der Waals surface area contributed by atoms with Crippen molar-refractivity contribution in [3.05, 3.63) is 84.8 Å². The Balaban J connectivity index is 1.26. The van der Waals surface area contributed by atoms with Gasteiger partial charge in [-0.3, -0.25) is 0 Å². The van der Waals surface area contributed by atoms with E-state index in [1.54, 1.807) is 49.6 Å². The van der Waals surface area contributed by atoms with E-state index in [1.807, 2.05) is 26.1 Å². The monoisotopic (exact) mass is 643 g/mol. The lowest BCUT2D eigenvalue weighted by molar-refractivity contribution is -0.137. The number of anilines is 4. The van der Waals surface area contributed by atoms with Gasteiger partial charge >= 0.3 is 12.2 Å². The van der Waals surface area contributed by atoms with Crippen molar-refractivity contribution in [2.24, 2.45) is 0 Å². The van der Waals surface area contributed by atoms with Crippen LogP contribution in [0.4, 0.5) is 41.0 Å². The predicted molar refractivity (Wildman–Crippen MR) is 175 cm³/mol. The lowest BCUT2D eigenvalue weighted by atomic mass is 10.1. The molecule has 242 valence electrons. The van der Waals surface area contributed by atoms with Gasteiger partial charge in [-0.2, -0.15) is 18.2 Å². The fourth-order valence-electron chi connectivity index (χ4n) is 5.48. The summed E-state index contributed by atoms with van der Waals surface area (Å²) in [6.45, 7) is 2.90. The van der Waals surface area contributed by atoms with Crippen LogP contribution in [0, 0.1) is 0 Å². The number of alkyl halides is 3. The molecule has 2 unspecified atom stereocenters. The molecule has 0 bridgehead atoms. The summed E-state index contributed by atoms with van der Waals surface area (Å²) in [5, 5.41) is 12.9. The summed E-state index contributed by atoms with van der Waals surface area (Å²) >= 11 is 0. The average molecular weight is 644 g/mol. The minimum atomic E-state index is -4.58. The highest BCUT2D eigenvalue weighted by Crippen LogP contribution is 2.38. The van der Waals surface area contributed by atoms with Crippen LogP contribution in [0.3, 0.4) is 0 Å². The Morgan fingerprint density at radius 2 is 1.70 bits per heavy atom. The highest BCUT2D eigenvalue weighted by Gasteiger charge is 2.33. The number of halogens is 3. The van der Waals surface area contributed by atoms with Gasteiger partial charge in [0.05, 0.1) is 28.2 Å². The van der Waals surface area contributed by atoms with Crippen LogP contribution in [0.2, 0.25) is 0 Å². The van der Waals surface area contributed by atoms with Gasteiger partial charge in [0.15, 0.2) is 5.82 Å². The summed E-state index contributed by atoms with van der Waals surface area (Å²) in [6.07, 6.45) is -0.788. The molecule has 1 aliphatic heterocycles. The third kappa shape index (κ3) is 6.87. The van der Waals surface area contributed by atoms with Crippen LogP contribution < -0.4 is 26.0 Å². The molecule has 3 heterocycles. The number of hydrogen-bond acceptors (Lipinski definition) is 9. The summed E-state index contributed by atoms with van der Waals surface area (Å²) in [5.74, 6) is 1.47. The molecule has 0 aliphatic carbocycles. The van der Waals surface area contributed by atoms with Gasteiger partial charge in [-0.05, 0) is 62.9 Å². The zero-order valence-corrected chi connectivity index (χ0v) is 25.8. The second kappa shape index (κ2) is 13.1. The van der Waals surface area contributed by atoms with Crippen molar-refractivity contribution in [3.8, 4) is 23.0 Å². The SMILES string of the molecule is CNc1ncnc(-c2cccnc2Oc2ccc(NC(=O)Nc3cc(C(F)(F)F)ccc3NC3CCN(C)C3C)c3ccccc23)n1. The van der Waals surface area contributed by atoms with Crippen LogP contribution in [-0.2, 0) is 6.18 Å². The Hall–Kier alpha value is -5.50. The average Bonchev–Trinajstić information content (AvgIpc) is 3.38. The number of benzene rings is 3. The molecule has 0 saturated carbocycles. The quantitative estimate of drug-likeness (QED) is 0.140. The van der Waals surface area contributed by atoms with Crippen molar-refractivity contribution in [1.82, 2.24) is 24.8 Å². The Morgan fingerprint density at radius 1 is 0.936 bits per heavy atom. The maximum Gasteiger partial charge on any atom is 0.416 e. The van der Waals surface area contributed by atoms with Crippen LogP contribution in [-0.4, -0.2) is 63.6 Å². The van der Waals surface area contributed by atoms with E-state index >= 15 is 0 Å². The number of carbonyl (C=O) groups is 1. The van der Waals surface area contributed by atoms with E-state index in [-0.39, 0.29) is 23.7 Å². The molecule has 4 N–H and O–H groups in total. The van der Waals surface area contributed by atoms with Crippen LogP contribution in [0.15, 0.2) is 79.3 Å². The van der Waals surface area contributed by atoms with E-state index in [1.165, 1.54) is 12.4 Å². The molecule has 3 aromatic carbocycles. The molecular formula is C33H32F3N9O2. The number of rotatable bonds is 8. The maximum atomic E-state index is 13.6. The molecule has 14 heteroatoms. The van der Waals surface area contributed by atoms with Crippen molar-refractivity contribution < 1.29 is 22.7 Å². The first-order chi connectivity index (χ1) is 22.6. The van der Waals surface area contributed by atoms with Gasteiger partial charge < -0.3 is 30.9 Å². The number of nitrogens with one attached hydrogen (secondary N) is 4. The minimum Gasteiger partial charge on any atom is -0.438 e. The van der Waals surface area contributed by atoms with E-state index in [0.29, 0.717) is 45.2 Å². The number of likely N-dealkylation sites (tertiary alicyclic amines) is 1. The number of nitrogens with zero attached hydrogens (tertiary/aromatic N) is 5. The zero-order chi connectivity index (χ0) is 33.1. The number of aromatic nitrogens is 4. The molecule has 11 nitrogen and oxygen atoms in total. The van der Waals surface area contributed by atoms with Gasteiger partial charge in [-0.15, -0.1) is 0 Å². The maximum absolute atomic E-state index is 13.6. The van der Waals surface area contributed by atoms with Gasteiger partial charge in [-0.25, -0.2) is 19.7 Å². The topological polar surface area (TPSA) is 129 Å². The molecule has 1 saturated heterocycles. The first-order valence-electron chi connectivity index (χ1n) is 14.9. The van der Waals surface area contributed by atoms with Crippen LogP contribution in [0.5, 0.6) is 11.6 Å². The number of ether oxygens (including phenoxy) is 1. The van der Waals surface area contributed by atoms with Crippen molar-refractivity contribution >= 4 is 39.8 Å². The van der Waals surface area contributed by atoms with Crippen molar-refractivity contribution in [2.75, 3.05) is 41.9 Å². The van der Waals surface area contributed by atoms with Gasteiger partial charge in [0.1, 0.15) is 12.1 Å². The zero-order valence-electron chi connectivity index (χ0n) is 25.8. The minimum absolute atomic E-state index is 0.00642. The summed E-state index contributed by atoms with van der Waals surface area (Å²) in [6, 6.07) is 16.9. The summed E-state index contributed by atoms with van der Waals surface area (Å²) in [5.41, 5.74) is 0.526. The lowest BCUT2D eigenvalue weighted by Crippen LogP contribution is -2.34. The molecule has 0 spiro atoms. The molecule has 6 rings (SSSR count). The molecule has 5 aromatic rings. The normalized spacial score (nSPS) is 16.6. The van der Waals surface area contributed by atoms with Gasteiger partial charge in [-0.1, -0.05) is 24.3 Å². The van der Waals surface area contributed by atoms with E-state index in [2.05, 4.69) is 46.1 Å². The predicted octanol–water partition coefficient (Wildman–Crippen LogP) is 7.09. The second-order valence-electron chi connectivity index (χ2n) is 11.1. The second-order valence-corrected chi connectivity index (χ2v) is 11.1. The molecule has 2 amide bonds. The summed E-state index contributed by atoms with van der Waals surface area (Å²) in [4.78, 5) is 32.6. The van der Waals surface area contributed by atoms with Crippen molar-refractivity contribution in [3.63, 3.8) is 0 Å². The highest BCUT2D eigenvalue weighted by atomic mass is 19.4. The van der Waals surface area contributed by atoms with E-state index in [9.17, 15) is 18.0 Å². The molecule has 1 aliphatic rings. The Kier molecular flexibility index (Phi) is 8.76. The van der Waals surface area contributed by atoms with Gasteiger partial charge in [0.2, 0.25) is 11.8 Å². The number of hydrogen-bond donors (Lipinski definition) is 4. The summed E-state index contributed by atoms with van der Waals surface area (Å²) < 4.78 is 47.2. The number of carbonyl (C=O) groups excluding carboxylic acids is 1. The Labute approximate surface area is 268 Å². The smallest absolute Gasteiger partial charge is 0.416 e. The number of likely N-dealkylation sites (N-methyl/N-ethyl adjacent to an activating group) is 1. The van der Waals surface area contributed by atoms with Crippen LogP contribution in [0.1, 0.15) is 18.9 Å². The Morgan fingerprint density at radius 3 is 2.45 bits per heavy atom. The fourth-order valence-corrected chi connectivity index (χ4v) is 5.48. The van der Waals surface area contributed by atoms with Crippen LogP contribution in [0.25, 0.3) is 22.2 Å². The van der Waals surface area contributed by atoms with Crippen molar-refractivity contribution in [2.45, 2.75) is 31.6 Å². The van der Waals surface area contributed by atoms with Crippen molar-refractivity contribution in [1.29, 1.82) is 0 Å². The standard InChI is InChI=1S/C33H32F3N9O2/c1-19-24(14-16-45(19)3)41-26-11-10-20(33(34,35)36)17-27(26)43-32(46)42-25-12-13-28(22-8-5-4-7-21(22)25)47-30-23(9-6-15-38-30)29-39-18-40-31(37-2)44-29/h4-13,15,17-19,24,41H,14,16H2,1-3H3,(H2,42,43,46)(H,37,39,40,44). The first-order valence-corrected chi connectivity index (χ1v) is 14.9. The molecule has 1 fully saturated rings. The van der Waals surface area contributed by atoms with E-state index in [0.717, 1.165) is 25.1 Å². The van der Waals surface area contributed by atoms with Gasteiger partial charge in [0.25, 0.3) is 0 Å². The largest absolute Gasteiger partial charge is 0.438 e. The third-order valence-corrected chi connectivity index (χ3v) is 8.15. The highest BCUT2D eigenvalue weighted by molar-refractivity contribution is 6.08. The summed E-state index contributed by atoms with van der Waals surface area (Å²) in [7, 11) is 3.70. The third-order valence-electron chi connectivity index (χ3n) is 8.15. The van der Waals surface area contributed by atoms with Crippen LogP contribution >= 0.6 is 0 Å². The molecule has 2 aromatic heterocycles. The molecule has 0 radical (unpaired) electrons. The lowest BCUT2D eigenvalue weighted by Gasteiger charge is -2.24. The number of pyridine rings is 1. The molecule has 2 atom stereocenters.